The highest BCUT2D eigenvalue weighted by atomic mass is 16.3. The maximum atomic E-state index is 9.76. The van der Waals surface area contributed by atoms with E-state index in [1.165, 1.54) is 0 Å². The van der Waals surface area contributed by atoms with Crippen LogP contribution >= 0.6 is 0 Å². The van der Waals surface area contributed by atoms with Crippen LogP contribution in [0.25, 0.3) is 0 Å². The summed E-state index contributed by atoms with van der Waals surface area (Å²) in [7, 11) is 4.16. The summed E-state index contributed by atoms with van der Waals surface area (Å²) < 4.78 is 0. The standard InChI is InChI=1S/C12H27N3O/c1-12(2,8-13)9-15-7-11(16)5-10(15)6-14(3)4/h10-11,16H,5-9,13H2,1-4H3. The number of hydrogen-bond acceptors (Lipinski definition) is 4. The first-order valence-corrected chi connectivity index (χ1v) is 6.11. The molecule has 2 atom stereocenters. The second-order valence-corrected chi connectivity index (χ2v) is 6.10. The van der Waals surface area contributed by atoms with Gasteiger partial charge < -0.3 is 15.7 Å². The molecule has 0 spiro atoms. The summed E-state index contributed by atoms with van der Waals surface area (Å²) in [5.41, 5.74) is 5.90. The molecule has 1 saturated heterocycles. The molecule has 0 aromatic carbocycles. The van der Waals surface area contributed by atoms with E-state index in [9.17, 15) is 5.11 Å². The van der Waals surface area contributed by atoms with Crippen molar-refractivity contribution >= 4 is 0 Å². The molecule has 0 amide bonds. The Morgan fingerprint density at radius 1 is 1.44 bits per heavy atom. The van der Waals surface area contributed by atoms with Gasteiger partial charge in [-0.05, 0) is 32.5 Å². The van der Waals surface area contributed by atoms with Gasteiger partial charge in [-0.15, -0.1) is 0 Å². The third kappa shape index (κ3) is 4.01. The van der Waals surface area contributed by atoms with Gasteiger partial charge in [0.2, 0.25) is 0 Å². The van der Waals surface area contributed by atoms with Gasteiger partial charge in [-0.25, -0.2) is 0 Å². The van der Waals surface area contributed by atoms with Crippen molar-refractivity contribution in [1.29, 1.82) is 0 Å². The fraction of sp³-hybridized carbons (Fsp3) is 1.00. The number of nitrogens with zero attached hydrogens (tertiary/aromatic N) is 2. The van der Waals surface area contributed by atoms with E-state index in [4.69, 9.17) is 5.73 Å². The second-order valence-electron chi connectivity index (χ2n) is 6.10. The van der Waals surface area contributed by atoms with Crippen LogP contribution in [-0.4, -0.2) is 67.3 Å². The average molecular weight is 229 g/mol. The number of hydrogen-bond donors (Lipinski definition) is 2. The van der Waals surface area contributed by atoms with Crippen LogP contribution in [0.1, 0.15) is 20.3 Å². The Kier molecular flexibility index (Phi) is 4.73. The third-order valence-electron chi connectivity index (χ3n) is 3.27. The van der Waals surface area contributed by atoms with Gasteiger partial charge >= 0.3 is 0 Å². The Bertz CT molecular complexity index is 218. The monoisotopic (exact) mass is 229 g/mol. The molecule has 0 aliphatic carbocycles. The van der Waals surface area contributed by atoms with E-state index in [1.807, 2.05) is 0 Å². The lowest BCUT2D eigenvalue weighted by Crippen LogP contribution is -2.44. The van der Waals surface area contributed by atoms with E-state index in [1.54, 1.807) is 0 Å². The fourth-order valence-electron chi connectivity index (χ4n) is 2.38. The minimum atomic E-state index is -0.168. The number of likely N-dealkylation sites (tertiary alicyclic amines) is 1. The molecule has 16 heavy (non-hydrogen) atoms. The Morgan fingerprint density at radius 2 is 2.06 bits per heavy atom. The molecule has 4 heteroatoms. The van der Waals surface area contributed by atoms with E-state index in [0.29, 0.717) is 12.6 Å². The molecule has 1 heterocycles. The lowest BCUT2D eigenvalue weighted by atomic mass is 9.93. The van der Waals surface area contributed by atoms with Crippen LogP contribution in [0.3, 0.4) is 0 Å². The van der Waals surface area contributed by atoms with Crippen LogP contribution in [0.5, 0.6) is 0 Å². The maximum Gasteiger partial charge on any atom is 0.0682 e. The molecule has 3 N–H and O–H groups in total. The molecule has 96 valence electrons. The van der Waals surface area contributed by atoms with Crippen molar-refractivity contribution in [1.82, 2.24) is 9.80 Å². The highest BCUT2D eigenvalue weighted by molar-refractivity contribution is 4.89. The third-order valence-corrected chi connectivity index (χ3v) is 3.27. The average Bonchev–Trinajstić information content (AvgIpc) is 2.44. The van der Waals surface area contributed by atoms with Gasteiger partial charge in [0.1, 0.15) is 0 Å². The lowest BCUT2D eigenvalue weighted by Gasteiger charge is -2.33. The number of β-amino-alcohol motifs (C(OH)–C–C–N with tert-alkyl or cyclic N) is 1. The summed E-state index contributed by atoms with van der Waals surface area (Å²) in [5, 5.41) is 9.76. The maximum absolute atomic E-state index is 9.76. The molecular formula is C12H27N3O. The van der Waals surface area contributed by atoms with Crippen molar-refractivity contribution in [3.8, 4) is 0 Å². The molecule has 0 bridgehead atoms. The molecule has 0 aromatic heterocycles. The van der Waals surface area contributed by atoms with Crippen LogP contribution in [0.4, 0.5) is 0 Å². The summed E-state index contributed by atoms with van der Waals surface area (Å²) in [5.74, 6) is 0. The molecule has 0 radical (unpaired) electrons. The molecule has 0 aromatic rings. The summed E-state index contributed by atoms with van der Waals surface area (Å²) in [6, 6.07) is 0.468. The Hall–Kier alpha value is -0.160. The van der Waals surface area contributed by atoms with Gasteiger partial charge in [0.25, 0.3) is 0 Å². The Balaban J connectivity index is 2.55. The van der Waals surface area contributed by atoms with Crippen LogP contribution in [0, 0.1) is 5.41 Å². The van der Waals surface area contributed by atoms with Crippen molar-refractivity contribution in [3.63, 3.8) is 0 Å². The zero-order valence-corrected chi connectivity index (χ0v) is 11.1. The van der Waals surface area contributed by atoms with Crippen molar-refractivity contribution in [2.45, 2.75) is 32.4 Å². The number of nitrogens with two attached hydrogens (primary N) is 1. The molecule has 2 unspecified atom stereocenters. The fourth-order valence-corrected chi connectivity index (χ4v) is 2.38. The Labute approximate surface area is 99.4 Å². The molecule has 1 aliphatic rings. The number of rotatable bonds is 5. The molecule has 4 nitrogen and oxygen atoms in total. The smallest absolute Gasteiger partial charge is 0.0682 e. The van der Waals surface area contributed by atoms with Crippen molar-refractivity contribution in [2.24, 2.45) is 11.1 Å². The minimum Gasteiger partial charge on any atom is -0.392 e. The summed E-state index contributed by atoms with van der Waals surface area (Å²) in [6.07, 6.45) is 0.720. The quantitative estimate of drug-likeness (QED) is 0.695. The predicted octanol–water partition coefficient (Wildman–Crippen LogP) is -0.0319. The second kappa shape index (κ2) is 5.45. The topological polar surface area (TPSA) is 52.7 Å². The van der Waals surface area contributed by atoms with Gasteiger partial charge in [0, 0.05) is 25.7 Å². The van der Waals surface area contributed by atoms with Crippen LogP contribution < -0.4 is 5.73 Å². The van der Waals surface area contributed by atoms with Gasteiger partial charge in [-0.3, -0.25) is 4.90 Å². The molecule has 1 aliphatic heterocycles. The normalized spacial score (nSPS) is 27.9. The highest BCUT2D eigenvalue weighted by Crippen LogP contribution is 2.24. The molecule has 1 rings (SSSR count). The van der Waals surface area contributed by atoms with Gasteiger partial charge in [-0.2, -0.15) is 0 Å². The summed E-state index contributed by atoms with van der Waals surface area (Å²) in [4.78, 5) is 4.57. The van der Waals surface area contributed by atoms with Gasteiger partial charge in [0.05, 0.1) is 6.10 Å². The van der Waals surface area contributed by atoms with Gasteiger partial charge in [0.15, 0.2) is 0 Å². The zero-order chi connectivity index (χ0) is 12.3. The zero-order valence-electron chi connectivity index (χ0n) is 11.1. The van der Waals surface area contributed by atoms with E-state index >= 15 is 0 Å². The number of likely N-dealkylation sites (N-methyl/N-ethyl adjacent to an activating group) is 1. The first-order chi connectivity index (χ1) is 7.34. The van der Waals surface area contributed by atoms with Crippen LogP contribution in [-0.2, 0) is 0 Å². The minimum absolute atomic E-state index is 0.134. The number of aliphatic hydroxyl groups is 1. The molecular weight excluding hydrogens is 202 g/mol. The predicted molar refractivity (Wildman–Crippen MR) is 67.4 cm³/mol. The van der Waals surface area contributed by atoms with Crippen molar-refractivity contribution in [2.75, 3.05) is 40.3 Å². The summed E-state index contributed by atoms with van der Waals surface area (Å²) >= 11 is 0. The largest absolute Gasteiger partial charge is 0.392 e. The van der Waals surface area contributed by atoms with Crippen LogP contribution in [0.15, 0.2) is 0 Å². The van der Waals surface area contributed by atoms with Crippen molar-refractivity contribution < 1.29 is 5.11 Å². The van der Waals surface area contributed by atoms with Crippen molar-refractivity contribution in [3.05, 3.63) is 0 Å². The lowest BCUT2D eigenvalue weighted by molar-refractivity contribution is 0.135. The first kappa shape index (κ1) is 13.9. The number of aliphatic hydroxyl groups excluding tert-OH is 1. The van der Waals surface area contributed by atoms with E-state index in [0.717, 1.165) is 26.1 Å². The first-order valence-electron chi connectivity index (χ1n) is 6.11. The van der Waals surface area contributed by atoms with E-state index in [2.05, 4.69) is 37.7 Å². The van der Waals surface area contributed by atoms with E-state index < -0.39 is 0 Å². The highest BCUT2D eigenvalue weighted by Gasteiger charge is 2.34. The Morgan fingerprint density at radius 3 is 2.56 bits per heavy atom. The summed E-state index contributed by atoms with van der Waals surface area (Å²) in [6.45, 7) is 7.84. The SMILES string of the molecule is CN(C)CC1CC(O)CN1CC(C)(C)CN. The van der Waals surface area contributed by atoms with E-state index in [-0.39, 0.29) is 11.5 Å². The van der Waals surface area contributed by atoms with Gasteiger partial charge in [-0.1, -0.05) is 13.8 Å². The molecule has 0 saturated carbocycles. The van der Waals surface area contributed by atoms with Crippen LogP contribution in [0.2, 0.25) is 0 Å². The molecule has 1 fully saturated rings.